The normalized spacial score (nSPS) is 16.9. The van der Waals surface area contributed by atoms with Gasteiger partial charge in [0.2, 0.25) is 29.5 Å². The number of carbonyl (C=O) groups excluding carboxylic acids is 5. The van der Waals surface area contributed by atoms with Crippen molar-refractivity contribution in [1.29, 1.82) is 0 Å². The standard InChI is InChI=1S/C34H48Cl2N6O11/c1-16(2)12-22(38-32(50)28(17(3)4)41-29(47)21(37)9-10-26(43)44)30(48)39-23(14-18-7-8-19(35)20(36)13-18)33(51)42-11-5-6-25(42)31(49)40-24(34(52)53)15-27(45)46/h7-8,13,16-17,21-25,28H,5-6,9-12,14-15,37H2,1-4H3,(H,38,50)(H,39,48)(H,40,49)(H,41,47)(H,43,44)(H,45,46)(H,52,53)/t21-,22-,23-,24-,25+,28-/m0/s1. The van der Waals surface area contributed by atoms with Gasteiger partial charge in [-0.15, -0.1) is 0 Å². The largest absolute Gasteiger partial charge is 0.481 e. The topological polar surface area (TPSA) is 275 Å². The van der Waals surface area contributed by atoms with E-state index in [1.165, 1.54) is 17.0 Å². The highest BCUT2D eigenvalue weighted by Gasteiger charge is 2.40. The van der Waals surface area contributed by atoms with E-state index in [0.29, 0.717) is 12.0 Å². The van der Waals surface area contributed by atoms with Gasteiger partial charge in [0.15, 0.2) is 0 Å². The molecule has 1 fully saturated rings. The second-order valence-electron chi connectivity index (χ2n) is 13.7. The first-order chi connectivity index (χ1) is 24.7. The summed E-state index contributed by atoms with van der Waals surface area (Å²) in [6, 6.07) is -3.24. The Labute approximate surface area is 316 Å². The monoisotopic (exact) mass is 786 g/mol. The van der Waals surface area contributed by atoms with Gasteiger partial charge in [0, 0.05) is 19.4 Å². The van der Waals surface area contributed by atoms with Crippen LogP contribution in [-0.4, -0.2) is 110 Å². The number of nitrogens with zero attached hydrogens (tertiary/aromatic N) is 1. The van der Waals surface area contributed by atoms with Crippen LogP contribution in [0.25, 0.3) is 0 Å². The van der Waals surface area contributed by atoms with Crippen molar-refractivity contribution in [2.45, 2.75) is 109 Å². The molecule has 17 nitrogen and oxygen atoms in total. The molecule has 53 heavy (non-hydrogen) atoms. The smallest absolute Gasteiger partial charge is 0.326 e. The molecular formula is C34H48Cl2N6O11. The van der Waals surface area contributed by atoms with E-state index in [0.717, 1.165) is 0 Å². The maximum Gasteiger partial charge on any atom is 0.326 e. The van der Waals surface area contributed by atoms with Crippen LogP contribution in [0.15, 0.2) is 18.2 Å². The lowest BCUT2D eigenvalue weighted by molar-refractivity contribution is -0.148. The number of hydrogen-bond acceptors (Lipinski definition) is 9. The lowest BCUT2D eigenvalue weighted by Crippen LogP contribution is -2.60. The van der Waals surface area contributed by atoms with Gasteiger partial charge in [-0.05, 0) is 55.2 Å². The van der Waals surface area contributed by atoms with Crippen LogP contribution in [0.2, 0.25) is 10.0 Å². The molecule has 1 aromatic rings. The number of aliphatic carboxylic acids is 3. The molecule has 1 aliphatic rings. The molecular weight excluding hydrogens is 739 g/mol. The number of nitrogens with two attached hydrogens (primary N) is 1. The summed E-state index contributed by atoms with van der Waals surface area (Å²) in [5, 5.41) is 37.9. The quantitative estimate of drug-likeness (QED) is 0.0917. The molecule has 9 N–H and O–H groups in total. The number of amides is 5. The number of hydrogen-bond donors (Lipinski definition) is 8. The van der Waals surface area contributed by atoms with Gasteiger partial charge in [-0.25, -0.2) is 4.79 Å². The van der Waals surface area contributed by atoms with Crippen LogP contribution in [0.3, 0.4) is 0 Å². The van der Waals surface area contributed by atoms with Crippen molar-refractivity contribution >= 4 is 70.6 Å². The highest BCUT2D eigenvalue weighted by Crippen LogP contribution is 2.25. The van der Waals surface area contributed by atoms with Crippen LogP contribution in [0.5, 0.6) is 0 Å². The molecule has 0 spiro atoms. The van der Waals surface area contributed by atoms with Crippen LogP contribution in [0, 0.1) is 11.8 Å². The number of nitrogens with one attached hydrogen (secondary N) is 4. The SMILES string of the molecule is CC(C)C[C@H](NC(=O)[C@@H](NC(=O)[C@@H](N)CCC(=O)O)C(C)C)C(=O)N[C@@H](Cc1ccc(Cl)c(Cl)c1)C(=O)N1CCC[C@@H]1C(=O)N[C@@H](CC(=O)O)C(=O)O. The molecule has 6 atom stereocenters. The summed E-state index contributed by atoms with van der Waals surface area (Å²) >= 11 is 12.3. The van der Waals surface area contributed by atoms with E-state index in [-0.39, 0.29) is 54.6 Å². The Balaban J connectivity index is 2.39. The van der Waals surface area contributed by atoms with Gasteiger partial charge in [-0.1, -0.05) is 57.0 Å². The number of carbonyl (C=O) groups is 8. The Morgan fingerprint density at radius 1 is 0.830 bits per heavy atom. The first-order valence-corrected chi connectivity index (χ1v) is 17.8. The number of halogens is 2. The third kappa shape index (κ3) is 14.1. The molecule has 2 rings (SSSR count). The fourth-order valence-corrected chi connectivity index (χ4v) is 6.01. The number of rotatable bonds is 20. The fourth-order valence-electron chi connectivity index (χ4n) is 5.69. The minimum Gasteiger partial charge on any atom is -0.481 e. The zero-order valence-electron chi connectivity index (χ0n) is 29.9. The second-order valence-corrected chi connectivity index (χ2v) is 14.5. The van der Waals surface area contributed by atoms with Crippen LogP contribution >= 0.6 is 23.2 Å². The first-order valence-electron chi connectivity index (χ1n) is 17.1. The summed E-state index contributed by atoms with van der Waals surface area (Å²) in [4.78, 5) is 102. The number of likely N-dealkylation sites (tertiary alicyclic amines) is 1. The molecule has 1 aromatic carbocycles. The summed E-state index contributed by atoms with van der Waals surface area (Å²) in [6.07, 6.45) is -0.952. The van der Waals surface area contributed by atoms with Gasteiger partial charge < -0.3 is 47.2 Å². The van der Waals surface area contributed by atoms with Gasteiger partial charge in [-0.3, -0.25) is 33.6 Å². The predicted octanol–water partition coefficient (Wildman–Crippen LogP) is 0.920. The number of carboxylic acids is 3. The third-order valence-electron chi connectivity index (χ3n) is 8.46. The number of carboxylic acid groups (broad SMARTS) is 3. The van der Waals surface area contributed by atoms with Crippen LogP contribution in [-0.2, 0) is 44.8 Å². The Hall–Kier alpha value is -4.48. The van der Waals surface area contributed by atoms with E-state index >= 15 is 0 Å². The maximum atomic E-state index is 14.2. The molecule has 5 amide bonds. The average molecular weight is 788 g/mol. The van der Waals surface area contributed by atoms with Gasteiger partial charge in [0.05, 0.1) is 22.5 Å². The van der Waals surface area contributed by atoms with E-state index in [2.05, 4.69) is 21.3 Å². The number of benzene rings is 1. The Bertz CT molecular complexity index is 1540. The van der Waals surface area contributed by atoms with E-state index in [4.69, 9.17) is 39.1 Å². The van der Waals surface area contributed by atoms with Crippen molar-refractivity contribution in [3.63, 3.8) is 0 Å². The molecule has 0 bridgehead atoms. The molecule has 0 saturated carbocycles. The summed E-state index contributed by atoms with van der Waals surface area (Å²) in [5.74, 6) is -8.61. The Kier molecular flexibility index (Phi) is 17.4. The van der Waals surface area contributed by atoms with E-state index in [1.807, 2.05) is 0 Å². The third-order valence-corrected chi connectivity index (χ3v) is 9.20. The molecule has 0 unspecified atom stereocenters. The van der Waals surface area contributed by atoms with Crippen molar-refractivity contribution in [1.82, 2.24) is 26.2 Å². The molecule has 0 radical (unpaired) electrons. The van der Waals surface area contributed by atoms with Crippen LogP contribution in [0.4, 0.5) is 0 Å². The molecule has 0 aromatic heterocycles. The average Bonchev–Trinajstić information content (AvgIpc) is 3.56. The van der Waals surface area contributed by atoms with Gasteiger partial charge in [0.25, 0.3) is 0 Å². The minimum absolute atomic E-state index is 0.0673. The van der Waals surface area contributed by atoms with Crippen molar-refractivity contribution < 1.29 is 53.7 Å². The summed E-state index contributed by atoms with van der Waals surface area (Å²) in [6.45, 7) is 6.98. The first kappa shape index (κ1) is 44.7. The summed E-state index contributed by atoms with van der Waals surface area (Å²) in [5.41, 5.74) is 6.32. The van der Waals surface area contributed by atoms with Crippen molar-refractivity contribution in [2.75, 3.05) is 6.54 Å². The van der Waals surface area contributed by atoms with Crippen LogP contribution < -0.4 is 27.0 Å². The lowest BCUT2D eigenvalue weighted by atomic mass is 9.98. The Morgan fingerprint density at radius 2 is 1.47 bits per heavy atom. The molecule has 19 heteroatoms. The summed E-state index contributed by atoms with van der Waals surface area (Å²) in [7, 11) is 0. The zero-order chi connectivity index (χ0) is 40.2. The second kappa shape index (κ2) is 20.7. The van der Waals surface area contributed by atoms with E-state index < -0.39 is 96.0 Å². The van der Waals surface area contributed by atoms with E-state index in [9.17, 15) is 43.5 Å². The highest BCUT2D eigenvalue weighted by molar-refractivity contribution is 6.42. The molecule has 1 aliphatic heterocycles. The fraction of sp³-hybridized carbons (Fsp3) is 0.588. The van der Waals surface area contributed by atoms with Crippen LogP contribution in [0.1, 0.15) is 71.8 Å². The van der Waals surface area contributed by atoms with Gasteiger partial charge >= 0.3 is 17.9 Å². The molecule has 1 saturated heterocycles. The summed E-state index contributed by atoms with van der Waals surface area (Å²) < 4.78 is 0. The van der Waals surface area contributed by atoms with E-state index in [1.54, 1.807) is 33.8 Å². The minimum atomic E-state index is -1.75. The Morgan fingerprint density at radius 3 is 2.02 bits per heavy atom. The molecule has 294 valence electrons. The lowest BCUT2D eigenvalue weighted by Gasteiger charge is -2.31. The zero-order valence-corrected chi connectivity index (χ0v) is 31.4. The van der Waals surface area contributed by atoms with Crippen molar-refractivity contribution in [3.8, 4) is 0 Å². The van der Waals surface area contributed by atoms with Gasteiger partial charge in [-0.2, -0.15) is 0 Å². The van der Waals surface area contributed by atoms with Crippen molar-refractivity contribution in [3.05, 3.63) is 33.8 Å². The highest BCUT2D eigenvalue weighted by atomic mass is 35.5. The molecule has 0 aliphatic carbocycles. The predicted molar refractivity (Wildman–Crippen MR) is 192 cm³/mol. The van der Waals surface area contributed by atoms with Gasteiger partial charge in [0.1, 0.15) is 30.2 Å². The molecule has 1 heterocycles. The maximum absolute atomic E-state index is 14.2. The van der Waals surface area contributed by atoms with Crippen molar-refractivity contribution in [2.24, 2.45) is 17.6 Å².